The molecule has 0 saturated heterocycles. The standard InChI is InChI=1S/C28H26O4/c1-26(2)11-18(29)23-20(13-26)32-21-14-27(3,4)12-19(30)24(21)28(23)17-10-6-8-15-7-5-9-16(22(15)17)25(28)31/h5-10H,11-14H2,1-4H3. The van der Waals surface area contributed by atoms with Crippen LogP contribution in [0.4, 0.5) is 0 Å². The maximum absolute atomic E-state index is 14.3. The van der Waals surface area contributed by atoms with E-state index in [9.17, 15) is 14.4 Å². The topological polar surface area (TPSA) is 60.4 Å². The third-order valence-corrected chi connectivity index (χ3v) is 7.56. The van der Waals surface area contributed by atoms with E-state index >= 15 is 0 Å². The lowest BCUT2D eigenvalue weighted by molar-refractivity contribution is -0.121. The highest BCUT2D eigenvalue weighted by Crippen LogP contribution is 2.60. The number of Topliss-reactive ketones (excluding diaryl/α,β-unsaturated/α-hetero) is 3. The first-order valence-corrected chi connectivity index (χ1v) is 11.3. The SMILES string of the molecule is CC1(C)CC(=O)C2=C(C1)OC1=C(C(=O)CC(C)(C)C1)C21C(=O)c2cccc3cccc1c23. The predicted molar refractivity (Wildman–Crippen MR) is 121 cm³/mol. The number of allylic oxidation sites excluding steroid dienone is 4. The lowest BCUT2D eigenvalue weighted by Gasteiger charge is -2.46. The van der Waals surface area contributed by atoms with E-state index in [1.54, 1.807) is 0 Å². The zero-order valence-corrected chi connectivity index (χ0v) is 18.9. The fourth-order valence-corrected chi connectivity index (χ4v) is 6.48. The minimum atomic E-state index is -1.38. The van der Waals surface area contributed by atoms with Gasteiger partial charge < -0.3 is 4.74 Å². The number of benzene rings is 2. The highest BCUT2D eigenvalue weighted by atomic mass is 16.5. The Labute approximate surface area is 187 Å². The summed E-state index contributed by atoms with van der Waals surface area (Å²) in [6.45, 7) is 8.21. The highest BCUT2D eigenvalue weighted by molar-refractivity contribution is 6.30. The molecule has 162 valence electrons. The predicted octanol–water partition coefficient (Wildman–Crippen LogP) is 5.59. The molecular weight excluding hydrogens is 400 g/mol. The third-order valence-electron chi connectivity index (χ3n) is 7.56. The van der Waals surface area contributed by atoms with Crippen LogP contribution in [0, 0.1) is 10.8 Å². The van der Waals surface area contributed by atoms with Gasteiger partial charge in [0, 0.05) is 31.2 Å². The molecule has 1 spiro atoms. The lowest BCUT2D eigenvalue weighted by Crippen LogP contribution is -2.50. The van der Waals surface area contributed by atoms with E-state index in [1.807, 2.05) is 36.4 Å². The maximum Gasteiger partial charge on any atom is 0.183 e. The van der Waals surface area contributed by atoms with E-state index in [0.717, 1.165) is 16.3 Å². The van der Waals surface area contributed by atoms with Crippen LogP contribution in [0.3, 0.4) is 0 Å². The van der Waals surface area contributed by atoms with Crippen molar-refractivity contribution in [1.82, 2.24) is 0 Å². The van der Waals surface area contributed by atoms with Crippen molar-refractivity contribution in [3.63, 3.8) is 0 Å². The Hall–Kier alpha value is -3.01. The molecule has 4 heteroatoms. The average Bonchev–Trinajstić information content (AvgIpc) is 2.91. The molecule has 0 atom stereocenters. The molecular formula is C28H26O4. The van der Waals surface area contributed by atoms with Gasteiger partial charge in [0.15, 0.2) is 17.3 Å². The highest BCUT2D eigenvalue weighted by Gasteiger charge is 2.62. The van der Waals surface area contributed by atoms with E-state index < -0.39 is 5.41 Å². The van der Waals surface area contributed by atoms with Gasteiger partial charge in [-0.15, -0.1) is 0 Å². The normalized spacial score (nSPS) is 24.7. The fourth-order valence-electron chi connectivity index (χ4n) is 6.48. The van der Waals surface area contributed by atoms with Crippen LogP contribution >= 0.6 is 0 Å². The van der Waals surface area contributed by atoms with Gasteiger partial charge in [0.25, 0.3) is 0 Å². The molecule has 32 heavy (non-hydrogen) atoms. The molecule has 0 saturated carbocycles. The smallest absolute Gasteiger partial charge is 0.183 e. The third kappa shape index (κ3) is 2.30. The van der Waals surface area contributed by atoms with Crippen molar-refractivity contribution in [1.29, 1.82) is 0 Å². The summed E-state index contributed by atoms with van der Waals surface area (Å²) in [6, 6.07) is 11.5. The van der Waals surface area contributed by atoms with E-state index in [1.165, 1.54) is 0 Å². The molecule has 3 aliphatic carbocycles. The number of fused-ring (bicyclic) bond motifs is 3. The van der Waals surface area contributed by atoms with Crippen LogP contribution in [0.1, 0.15) is 69.3 Å². The summed E-state index contributed by atoms with van der Waals surface area (Å²) < 4.78 is 6.40. The van der Waals surface area contributed by atoms with Gasteiger partial charge in [-0.3, -0.25) is 14.4 Å². The minimum Gasteiger partial charge on any atom is -0.465 e. The van der Waals surface area contributed by atoms with Crippen LogP contribution in [-0.4, -0.2) is 17.3 Å². The van der Waals surface area contributed by atoms with Gasteiger partial charge in [-0.2, -0.15) is 0 Å². The van der Waals surface area contributed by atoms with Gasteiger partial charge in [0.1, 0.15) is 16.9 Å². The lowest BCUT2D eigenvalue weighted by atomic mass is 9.57. The van der Waals surface area contributed by atoms with Crippen LogP contribution in [0.5, 0.6) is 0 Å². The second kappa shape index (κ2) is 5.86. The summed E-state index contributed by atoms with van der Waals surface area (Å²) in [4.78, 5) is 41.8. The molecule has 1 heterocycles. The van der Waals surface area contributed by atoms with E-state index in [0.29, 0.717) is 53.9 Å². The fraction of sp³-hybridized carbons (Fsp3) is 0.393. The Bertz CT molecular complexity index is 1290. The van der Waals surface area contributed by atoms with Crippen molar-refractivity contribution >= 4 is 28.1 Å². The van der Waals surface area contributed by atoms with Crippen LogP contribution in [-0.2, 0) is 19.7 Å². The first kappa shape index (κ1) is 19.7. The van der Waals surface area contributed by atoms with E-state index in [4.69, 9.17) is 4.74 Å². The zero-order chi connectivity index (χ0) is 22.6. The number of ether oxygens (including phenoxy) is 1. The molecule has 0 aromatic heterocycles. The number of rotatable bonds is 0. The maximum atomic E-state index is 14.3. The molecule has 4 aliphatic rings. The van der Waals surface area contributed by atoms with Crippen molar-refractivity contribution in [2.75, 3.05) is 0 Å². The van der Waals surface area contributed by atoms with E-state index in [-0.39, 0.29) is 28.2 Å². The van der Waals surface area contributed by atoms with Gasteiger partial charge >= 0.3 is 0 Å². The van der Waals surface area contributed by atoms with Crippen molar-refractivity contribution in [2.24, 2.45) is 10.8 Å². The molecule has 1 aliphatic heterocycles. The number of carbonyl (C=O) groups excluding carboxylic acids is 3. The largest absolute Gasteiger partial charge is 0.465 e. The molecule has 2 aromatic rings. The molecule has 0 radical (unpaired) electrons. The van der Waals surface area contributed by atoms with Crippen LogP contribution in [0.2, 0.25) is 0 Å². The molecule has 0 unspecified atom stereocenters. The van der Waals surface area contributed by atoms with Gasteiger partial charge in [0.05, 0.1) is 11.1 Å². The van der Waals surface area contributed by atoms with Crippen molar-refractivity contribution in [3.05, 3.63) is 70.2 Å². The van der Waals surface area contributed by atoms with Crippen molar-refractivity contribution < 1.29 is 19.1 Å². The molecule has 6 rings (SSSR count). The van der Waals surface area contributed by atoms with Gasteiger partial charge in [0.2, 0.25) is 0 Å². The molecule has 2 aromatic carbocycles. The molecule has 0 amide bonds. The molecule has 0 N–H and O–H groups in total. The summed E-state index contributed by atoms with van der Waals surface area (Å²) in [5.74, 6) is 0.827. The summed E-state index contributed by atoms with van der Waals surface area (Å²) in [5.41, 5.74) is 0.254. The second-order valence-corrected chi connectivity index (χ2v) is 11.4. The molecule has 0 bridgehead atoms. The molecule has 0 fully saturated rings. The second-order valence-electron chi connectivity index (χ2n) is 11.4. The quantitative estimate of drug-likeness (QED) is 0.551. The Kier molecular flexibility index (Phi) is 3.60. The zero-order valence-electron chi connectivity index (χ0n) is 18.9. The first-order valence-electron chi connectivity index (χ1n) is 11.3. The van der Waals surface area contributed by atoms with Crippen molar-refractivity contribution in [2.45, 2.75) is 58.8 Å². The summed E-state index contributed by atoms with van der Waals surface area (Å²) >= 11 is 0. The molecule has 4 nitrogen and oxygen atoms in total. The Morgan fingerprint density at radius 1 is 0.719 bits per heavy atom. The van der Waals surface area contributed by atoms with Gasteiger partial charge in [-0.25, -0.2) is 0 Å². The van der Waals surface area contributed by atoms with Crippen molar-refractivity contribution in [3.8, 4) is 0 Å². The summed E-state index contributed by atoms with van der Waals surface area (Å²) in [7, 11) is 0. The minimum absolute atomic E-state index is 0.0846. The number of ketones is 3. The summed E-state index contributed by atoms with van der Waals surface area (Å²) in [6.07, 6.45) is 1.80. The van der Waals surface area contributed by atoms with Gasteiger partial charge in [-0.1, -0.05) is 64.1 Å². The van der Waals surface area contributed by atoms with Crippen LogP contribution in [0.15, 0.2) is 59.1 Å². The summed E-state index contributed by atoms with van der Waals surface area (Å²) in [5, 5.41) is 1.81. The van der Waals surface area contributed by atoms with Crippen LogP contribution < -0.4 is 0 Å². The Morgan fingerprint density at radius 2 is 1.25 bits per heavy atom. The first-order chi connectivity index (χ1) is 15.1. The van der Waals surface area contributed by atoms with E-state index in [2.05, 4.69) is 27.7 Å². The van der Waals surface area contributed by atoms with Crippen LogP contribution in [0.25, 0.3) is 10.8 Å². The number of hydrogen-bond donors (Lipinski definition) is 0. The monoisotopic (exact) mass is 426 g/mol. The average molecular weight is 427 g/mol. The number of carbonyl (C=O) groups is 3. The Morgan fingerprint density at radius 3 is 1.81 bits per heavy atom. The Balaban J connectivity index is 1.76. The number of hydrogen-bond acceptors (Lipinski definition) is 4. The van der Waals surface area contributed by atoms with Gasteiger partial charge in [-0.05, 0) is 27.2 Å².